The van der Waals surface area contributed by atoms with Gasteiger partial charge in [0.05, 0.1) is 0 Å². The molecule has 5 heteroatoms. The van der Waals surface area contributed by atoms with Gasteiger partial charge in [-0.2, -0.15) is 5.26 Å². The van der Waals surface area contributed by atoms with Gasteiger partial charge >= 0.3 is 5.97 Å². The summed E-state index contributed by atoms with van der Waals surface area (Å²) in [4.78, 5) is 14.2. The lowest BCUT2D eigenvalue weighted by Gasteiger charge is -2.05. The first-order chi connectivity index (χ1) is 6.63. The summed E-state index contributed by atoms with van der Waals surface area (Å²) in [6.07, 6.45) is 1.68. The van der Waals surface area contributed by atoms with Gasteiger partial charge in [-0.1, -0.05) is 6.07 Å². The maximum absolute atomic E-state index is 10.4. The third-order valence-corrected chi connectivity index (χ3v) is 1.71. The van der Waals surface area contributed by atoms with Crippen LogP contribution in [0, 0.1) is 11.3 Å². The molecular weight excluding hydrogens is 182 g/mol. The predicted molar refractivity (Wildman–Crippen MR) is 48.3 cm³/mol. The first-order valence-corrected chi connectivity index (χ1v) is 3.97. The van der Waals surface area contributed by atoms with E-state index in [2.05, 4.69) is 4.98 Å². The number of nitriles is 1. The third kappa shape index (κ3) is 2.54. The quantitative estimate of drug-likeness (QED) is 0.695. The monoisotopic (exact) mass is 191 g/mol. The molecule has 0 aliphatic rings. The summed E-state index contributed by atoms with van der Waals surface area (Å²) >= 11 is 0. The number of rotatable bonds is 3. The average Bonchev–Trinajstić information content (AvgIpc) is 2.19. The van der Waals surface area contributed by atoms with Crippen molar-refractivity contribution in [3.05, 3.63) is 29.6 Å². The van der Waals surface area contributed by atoms with Crippen LogP contribution >= 0.6 is 0 Å². The summed E-state index contributed by atoms with van der Waals surface area (Å²) < 4.78 is 0. The Hall–Kier alpha value is -1.93. The van der Waals surface area contributed by atoms with Crippen LogP contribution in [0.4, 0.5) is 0 Å². The van der Waals surface area contributed by atoms with E-state index in [4.69, 9.17) is 16.1 Å². The Kier molecular flexibility index (Phi) is 3.15. The predicted octanol–water partition coefficient (Wildman–Crippen LogP) is -0.0923. The SMILES string of the molecule is N#Cc1ccc(CC(N)C(=O)O)cn1. The Bertz CT molecular complexity index is 367. The number of carboxylic acid groups (broad SMARTS) is 1. The van der Waals surface area contributed by atoms with Gasteiger partial charge in [-0.3, -0.25) is 4.79 Å². The van der Waals surface area contributed by atoms with E-state index in [9.17, 15) is 4.79 Å². The highest BCUT2D eigenvalue weighted by atomic mass is 16.4. The zero-order valence-corrected chi connectivity index (χ0v) is 7.34. The first kappa shape index (κ1) is 10.2. The van der Waals surface area contributed by atoms with Crippen LogP contribution in [0.2, 0.25) is 0 Å². The topological polar surface area (TPSA) is 100 Å². The molecule has 0 bridgehead atoms. The van der Waals surface area contributed by atoms with Crippen molar-refractivity contribution in [2.75, 3.05) is 0 Å². The maximum Gasteiger partial charge on any atom is 0.320 e. The van der Waals surface area contributed by atoms with Crippen molar-refractivity contribution in [1.82, 2.24) is 4.98 Å². The highest BCUT2D eigenvalue weighted by Crippen LogP contribution is 2.02. The second kappa shape index (κ2) is 4.35. The standard InChI is InChI=1S/C9H9N3O2/c10-4-7-2-1-6(5-12-7)3-8(11)9(13)14/h1-2,5,8H,3,11H2,(H,13,14). The van der Waals surface area contributed by atoms with Gasteiger partial charge < -0.3 is 10.8 Å². The van der Waals surface area contributed by atoms with E-state index in [1.165, 1.54) is 12.3 Å². The minimum atomic E-state index is -1.05. The van der Waals surface area contributed by atoms with Gasteiger partial charge in [-0.25, -0.2) is 4.98 Å². The van der Waals surface area contributed by atoms with Gasteiger partial charge in [0.1, 0.15) is 17.8 Å². The third-order valence-electron chi connectivity index (χ3n) is 1.71. The molecule has 0 aliphatic heterocycles. The van der Waals surface area contributed by atoms with Gasteiger partial charge in [0, 0.05) is 6.20 Å². The summed E-state index contributed by atoms with van der Waals surface area (Å²) in [6, 6.07) is 4.12. The van der Waals surface area contributed by atoms with E-state index >= 15 is 0 Å². The molecule has 0 aromatic carbocycles. The van der Waals surface area contributed by atoms with Crippen molar-refractivity contribution < 1.29 is 9.90 Å². The second-order valence-corrected chi connectivity index (χ2v) is 2.81. The molecule has 1 aromatic heterocycles. The number of nitrogens with zero attached hydrogens (tertiary/aromatic N) is 2. The van der Waals surface area contributed by atoms with E-state index < -0.39 is 12.0 Å². The van der Waals surface area contributed by atoms with Crippen LogP contribution in [0.3, 0.4) is 0 Å². The van der Waals surface area contributed by atoms with Crippen LogP contribution in [0.25, 0.3) is 0 Å². The fourth-order valence-electron chi connectivity index (χ4n) is 0.953. The van der Waals surface area contributed by atoms with E-state index in [0.717, 1.165) is 0 Å². The molecular formula is C9H9N3O2. The number of carboxylic acids is 1. The lowest BCUT2D eigenvalue weighted by molar-refractivity contribution is -0.138. The van der Waals surface area contributed by atoms with Crippen LogP contribution in [-0.2, 0) is 11.2 Å². The summed E-state index contributed by atoms with van der Waals surface area (Å²) in [5, 5.41) is 17.0. The number of aliphatic carboxylic acids is 1. The number of carbonyl (C=O) groups is 1. The van der Waals surface area contributed by atoms with Crippen LogP contribution in [0.5, 0.6) is 0 Å². The van der Waals surface area contributed by atoms with Crippen LogP contribution in [0.1, 0.15) is 11.3 Å². The molecule has 1 unspecified atom stereocenters. The van der Waals surface area contributed by atoms with Gasteiger partial charge in [-0.05, 0) is 18.1 Å². The summed E-state index contributed by atoms with van der Waals surface area (Å²) in [7, 11) is 0. The molecule has 5 nitrogen and oxygen atoms in total. The van der Waals surface area contributed by atoms with Crippen LogP contribution < -0.4 is 5.73 Å². The van der Waals surface area contributed by atoms with E-state index in [-0.39, 0.29) is 6.42 Å². The Morgan fingerprint density at radius 1 is 1.71 bits per heavy atom. The van der Waals surface area contributed by atoms with Crippen molar-refractivity contribution >= 4 is 5.97 Å². The molecule has 3 N–H and O–H groups in total. The second-order valence-electron chi connectivity index (χ2n) is 2.81. The fourth-order valence-corrected chi connectivity index (χ4v) is 0.953. The van der Waals surface area contributed by atoms with Crippen LogP contribution in [0.15, 0.2) is 18.3 Å². The lowest BCUT2D eigenvalue weighted by Crippen LogP contribution is -2.32. The van der Waals surface area contributed by atoms with Gasteiger partial charge in [0.15, 0.2) is 0 Å². The smallest absolute Gasteiger partial charge is 0.320 e. The normalized spacial score (nSPS) is 11.7. The molecule has 0 saturated heterocycles. The van der Waals surface area contributed by atoms with Crippen LogP contribution in [-0.4, -0.2) is 22.1 Å². The Morgan fingerprint density at radius 3 is 2.86 bits per heavy atom. The summed E-state index contributed by atoms with van der Waals surface area (Å²) in [6.45, 7) is 0. The molecule has 1 heterocycles. The van der Waals surface area contributed by atoms with E-state index in [1.54, 1.807) is 6.07 Å². The fraction of sp³-hybridized carbons (Fsp3) is 0.222. The number of hydrogen-bond acceptors (Lipinski definition) is 4. The van der Waals surface area contributed by atoms with E-state index in [0.29, 0.717) is 11.3 Å². The molecule has 14 heavy (non-hydrogen) atoms. The van der Waals surface area contributed by atoms with Gasteiger partial charge in [0.2, 0.25) is 0 Å². The molecule has 1 aromatic rings. The first-order valence-electron chi connectivity index (χ1n) is 3.97. The Morgan fingerprint density at radius 2 is 2.43 bits per heavy atom. The largest absolute Gasteiger partial charge is 0.480 e. The minimum absolute atomic E-state index is 0.216. The van der Waals surface area contributed by atoms with Crippen molar-refractivity contribution in [3.63, 3.8) is 0 Å². The van der Waals surface area contributed by atoms with Gasteiger partial charge in [-0.15, -0.1) is 0 Å². The number of nitrogens with two attached hydrogens (primary N) is 1. The number of pyridine rings is 1. The molecule has 1 atom stereocenters. The lowest BCUT2D eigenvalue weighted by atomic mass is 10.1. The van der Waals surface area contributed by atoms with E-state index in [1.807, 2.05) is 6.07 Å². The molecule has 1 rings (SSSR count). The summed E-state index contributed by atoms with van der Waals surface area (Å²) in [5.41, 5.74) is 6.34. The maximum atomic E-state index is 10.4. The highest BCUT2D eigenvalue weighted by Gasteiger charge is 2.11. The zero-order valence-electron chi connectivity index (χ0n) is 7.34. The minimum Gasteiger partial charge on any atom is -0.480 e. The Balaban J connectivity index is 2.70. The molecule has 0 radical (unpaired) electrons. The van der Waals surface area contributed by atoms with Crippen molar-refractivity contribution in [1.29, 1.82) is 5.26 Å². The number of aromatic nitrogens is 1. The molecule has 0 spiro atoms. The molecule has 72 valence electrons. The zero-order chi connectivity index (χ0) is 10.6. The number of hydrogen-bond donors (Lipinski definition) is 2. The molecule has 0 fully saturated rings. The van der Waals surface area contributed by atoms with Crippen molar-refractivity contribution in [2.24, 2.45) is 5.73 Å². The van der Waals surface area contributed by atoms with Gasteiger partial charge in [0.25, 0.3) is 0 Å². The summed E-state index contributed by atoms with van der Waals surface area (Å²) in [5.74, 6) is -1.05. The molecule has 0 aliphatic carbocycles. The highest BCUT2D eigenvalue weighted by molar-refractivity contribution is 5.73. The average molecular weight is 191 g/mol. The van der Waals surface area contributed by atoms with Crippen molar-refractivity contribution in [2.45, 2.75) is 12.5 Å². The Labute approximate surface area is 80.8 Å². The molecule has 0 saturated carbocycles. The van der Waals surface area contributed by atoms with Crippen molar-refractivity contribution in [3.8, 4) is 6.07 Å². The molecule has 0 amide bonds.